The van der Waals surface area contributed by atoms with Crippen LogP contribution in [0.15, 0.2) is 18.2 Å². The molecule has 0 saturated heterocycles. The molecular formula is C12H13ClFN3S. The largest absolute Gasteiger partial charge is 0.300 e. The highest BCUT2D eigenvalue weighted by Gasteiger charge is 2.14. The van der Waals surface area contributed by atoms with Crippen LogP contribution in [0.1, 0.15) is 13.8 Å². The van der Waals surface area contributed by atoms with Crippen molar-refractivity contribution in [3.63, 3.8) is 0 Å². The van der Waals surface area contributed by atoms with Crippen LogP contribution >= 0.6 is 23.8 Å². The quantitative estimate of drug-likeness (QED) is 0.863. The first-order chi connectivity index (χ1) is 8.49. The van der Waals surface area contributed by atoms with Gasteiger partial charge in [-0.2, -0.15) is 5.10 Å². The third-order valence-electron chi connectivity index (χ3n) is 2.48. The monoisotopic (exact) mass is 285 g/mol. The summed E-state index contributed by atoms with van der Waals surface area (Å²) in [5.74, 6) is 0.493. The SMILES string of the molecule is CC(C)Cn1c(-c2ccc(Cl)cc2F)n[nH]c1=S. The summed E-state index contributed by atoms with van der Waals surface area (Å²) in [5, 5.41) is 7.15. The number of benzene rings is 1. The maximum Gasteiger partial charge on any atom is 0.195 e. The molecule has 1 aromatic heterocycles. The van der Waals surface area contributed by atoms with Gasteiger partial charge in [-0.15, -0.1) is 0 Å². The van der Waals surface area contributed by atoms with Gasteiger partial charge in [-0.3, -0.25) is 9.67 Å². The number of aromatic nitrogens is 3. The van der Waals surface area contributed by atoms with Crippen molar-refractivity contribution >= 4 is 23.8 Å². The Labute approximate surface area is 115 Å². The number of hydrogen-bond acceptors (Lipinski definition) is 2. The molecule has 18 heavy (non-hydrogen) atoms. The normalized spacial score (nSPS) is 11.2. The van der Waals surface area contributed by atoms with Crippen molar-refractivity contribution in [3.05, 3.63) is 33.8 Å². The molecule has 0 aliphatic carbocycles. The summed E-state index contributed by atoms with van der Waals surface area (Å²) < 4.78 is 16.2. The Bertz CT molecular complexity index is 618. The van der Waals surface area contributed by atoms with Gasteiger partial charge in [0.15, 0.2) is 10.6 Å². The van der Waals surface area contributed by atoms with Crippen LogP contribution in [-0.4, -0.2) is 14.8 Å². The first kappa shape index (κ1) is 13.2. The Balaban J connectivity index is 2.54. The minimum Gasteiger partial charge on any atom is -0.300 e. The minimum atomic E-state index is -0.401. The van der Waals surface area contributed by atoms with E-state index in [1.807, 2.05) is 0 Å². The van der Waals surface area contributed by atoms with E-state index in [-0.39, 0.29) is 0 Å². The van der Waals surface area contributed by atoms with Crippen LogP contribution in [0.2, 0.25) is 5.02 Å². The van der Waals surface area contributed by atoms with E-state index in [1.54, 1.807) is 16.7 Å². The molecule has 0 spiro atoms. The van der Waals surface area contributed by atoms with Crippen LogP contribution in [-0.2, 0) is 6.54 Å². The molecule has 0 aliphatic heterocycles. The lowest BCUT2D eigenvalue weighted by Gasteiger charge is -2.10. The van der Waals surface area contributed by atoms with Crippen LogP contribution in [0.3, 0.4) is 0 Å². The van der Waals surface area contributed by atoms with Gasteiger partial charge in [-0.05, 0) is 36.3 Å². The van der Waals surface area contributed by atoms with E-state index >= 15 is 0 Å². The molecule has 0 saturated carbocycles. The standard InChI is InChI=1S/C12H13ClFN3S/c1-7(2)6-17-11(15-16-12(17)18)9-4-3-8(13)5-10(9)14/h3-5,7H,6H2,1-2H3,(H,16,18). The van der Waals surface area contributed by atoms with Crippen LogP contribution in [0.4, 0.5) is 4.39 Å². The molecular weight excluding hydrogens is 273 g/mol. The Morgan fingerprint density at radius 1 is 1.50 bits per heavy atom. The van der Waals surface area contributed by atoms with Gasteiger partial charge in [0.25, 0.3) is 0 Å². The zero-order valence-electron chi connectivity index (χ0n) is 10.1. The number of hydrogen-bond donors (Lipinski definition) is 1. The number of halogens is 2. The Morgan fingerprint density at radius 3 is 2.83 bits per heavy atom. The summed E-state index contributed by atoms with van der Waals surface area (Å²) >= 11 is 10.9. The average molecular weight is 286 g/mol. The van der Waals surface area contributed by atoms with Gasteiger partial charge in [0, 0.05) is 11.6 Å². The van der Waals surface area contributed by atoms with E-state index in [0.717, 1.165) is 0 Å². The third-order valence-corrected chi connectivity index (χ3v) is 3.02. The predicted molar refractivity (Wildman–Crippen MR) is 72.7 cm³/mol. The highest BCUT2D eigenvalue weighted by atomic mass is 35.5. The second-order valence-electron chi connectivity index (χ2n) is 4.48. The van der Waals surface area contributed by atoms with E-state index in [9.17, 15) is 4.39 Å². The number of aromatic amines is 1. The molecule has 1 heterocycles. The lowest BCUT2D eigenvalue weighted by molar-refractivity contribution is 0.520. The summed E-state index contributed by atoms with van der Waals surface area (Å²) in [7, 11) is 0. The Hall–Kier alpha value is -1.20. The van der Waals surface area contributed by atoms with E-state index in [0.29, 0.717) is 33.6 Å². The molecule has 0 aliphatic rings. The molecule has 0 unspecified atom stereocenters. The predicted octanol–water partition coefficient (Wildman–Crippen LogP) is 4.06. The topological polar surface area (TPSA) is 33.6 Å². The highest BCUT2D eigenvalue weighted by molar-refractivity contribution is 7.71. The molecule has 96 valence electrons. The van der Waals surface area contributed by atoms with Crippen molar-refractivity contribution in [1.29, 1.82) is 0 Å². The molecule has 0 fully saturated rings. The van der Waals surface area contributed by atoms with Crippen LogP contribution in [0.25, 0.3) is 11.4 Å². The molecule has 0 bridgehead atoms. The van der Waals surface area contributed by atoms with E-state index in [1.165, 1.54) is 6.07 Å². The van der Waals surface area contributed by atoms with E-state index in [4.69, 9.17) is 23.8 Å². The van der Waals surface area contributed by atoms with Gasteiger partial charge < -0.3 is 0 Å². The zero-order chi connectivity index (χ0) is 13.3. The van der Waals surface area contributed by atoms with E-state index < -0.39 is 5.82 Å². The van der Waals surface area contributed by atoms with Crippen LogP contribution in [0, 0.1) is 16.5 Å². The first-order valence-electron chi connectivity index (χ1n) is 5.59. The molecule has 2 aromatic rings. The Kier molecular flexibility index (Phi) is 3.82. The van der Waals surface area contributed by atoms with Crippen LogP contribution in [0.5, 0.6) is 0 Å². The molecule has 3 nitrogen and oxygen atoms in total. The lowest BCUT2D eigenvalue weighted by Crippen LogP contribution is -2.07. The van der Waals surface area contributed by atoms with Gasteiger partial charge in [-0.25, -0.2) is 4.39 Å². The van der Waals surface area contributed by atoms with E-state index in [2.05, 4.69) is 24.0 Å². The molecule has 1 aromatic carbocycles. The van der Waals surface area contributed by atoms with Crippen molar-refractivity contribution < 1.29 is 4.39 Å². The van der Waals surface area contributed by atoms with Gasteiger partial charge in [0.2, 0.25) is 0 Å². The fourth-order valence-electron chi connectivity index (χ4n) is 1.73. The number of rotatable bonds is 3. The average Bonchev–Trinajstić information content (AvgIpc) is 2.60. The maximum atomic E-state index is 13.9. The van der Waals surface area contributed by atoms with Crippen molar-refractivity contribution in [3.8, 4) is 11.4 Å². The van der Waals surface area contributed by atoms with Gasteiger partial charge in [-0.1, -0.05) is 25.4 Å². The second-order valence-corrected chi connectivity index (χ2v) is 5.30. The van der Waals surface area contributed by atoms with Crippen molar-refractivity contribution in [2.45, 2.75) is 20.4 Å². The van der Waals surface area contributed by atoms with Gasteiger partial charge in [0.1, 0.15) is 5.82 Å². The Morgan fingerprint density at radius 2 is 2.22 bits per heavy atom. The van der Waals surface area contributed by atoms with Crippen molar-refractivity contribution in [2.24, 2.45) is 5.92 Å². The van der Waals surface area contributed by atoms with Gasteiger partial charge in [0.05, 0.1) is 5.56 Å². The number of nitrogens with zero attached hydrogens (tertiary/aromatic N) is 2. The smallest absolute Gasteiger partial charge is 0.195 e. The van der Waals surface area contributed by atoms with Crippen LogP contribution < -0.4 is 0 Å². The second kappa shape index (κ2) is 5.20. The maximum absolute atomic E-state index is 13.9. The molecule has 6 heteroatoms. The number of H-pyrrole nitrogens is 1. The van der Waals surface area contributed by atoms with Crippen molar-refractivity contribution in [2.75, 3.05) is 0 Å². The number of nitrogens with one attached hydrogen (secondary N) is 1. The first-order valence-corrected chi connectivity index (χ1v) is 6.38. The zero-order valence-corrected chi connectivity index (χ0v) is 11.6. The summed E-state index contributed by atoms with van der Waals surface area (Å²) in [4.78, 5) is 0. The summed E-state index contributed by atoms with van der Waals surface area (Å²) in [6, 6.07) is 4.52. The third kappa shape index (κ3) is 2.62. The molecule has 2 rings (SSSR count). The molecule has 0 amide bonds. The highest BCUT2D eigenvalue weighted by Crippen LogP contribution is 2.24. The minimum absolute atomic E-state index is 0.362. The summed E-state index contributed by atoms with van der Waals surface area (Å²) in [6.07, 6.45) is 0. The fraction of sp³-hybridized carbons (Fsp3) is 0.333. The molecule has 1 N–H and O–H groups in total. The van der Waals surface area contributed by atoms with Gasteiger partial charge >= 0.3 is 0 Å². The molecule has 0 atom stereocenters. The lowest BCUT2D eigenvalue weighted by atomic mass is 10.2. The summed E-state index contributed by atoms with van der Waals surface area (Å²) in [5.41, 5.74) is 0.396. The van der Waals surface area contributed by atoms with Crippen molar-refractivity contribution in [1.82, 2.24) is 14.8 Å². The summed E-state index contributed by atoms with van der Waals surface area (Å²) in [6.45, 7) is 4.82. The fourth-order valence-corrected chi connectivity index (χ4v) is 2.09. The molecule has 0 radical (unpaired) electrons.